The third-order valence-electron chi connectivity index (χ3n) is 2.77. The van der Waals surface area contributed by atoms with Gasteiger partial charge in [0.1, 0.15) is 6.10 Å². The molecule has 0 spiro atoms. The highest BCUT2D eigenvalue weighted by Crippen LogP contribution is 2.25. The molecule has 0 saturated carbocycles. The standard InChI is InChI=1S/C13H15NO7/c1-2-21-12(17)6-11(16)13(18)8-3-4-9(7-15)10(5-8)14(19)20/h3-5,7,11,13,16,18H,2,6H2,1H3. The number of aliphatic hydroxyl groups is 2. The van der Waals surface area contributed by atoms with E-state index < -0.39 is 35.2 Å². The van der Waals surface area contributed by atoms with Gasteiger partial charge in [-0.05, 0) is 18.6 Å². The van der Waals surface area contributed by atoms with E-state index in [1.165, 1.54) is 12.1 Å². The summed E-state index contributed by atoms with van der Waals surface area (Å²) in [6, 6.07) is 3.43. The number of nitro benzene ring substituents is 1. The van der Waals surface area contributed by atoms with Crippen LogP contribution in [-0.2, 0) is 9.53 Å². The first-order valence-corrected chi connectivity index (χ1v) is 6.16. The van der Waals surface area contributed by atoms with Crippen LogP contribution < -0.4 is 0 Å². The summed E-state index contributed by atoms with van der Waals surface area (Å²) in [5.41, 5.74) is -0.593. The summed E-state index contributed by atoms with van der Waals surface area (Å²) in [6.45, 7) is 1.74. The molecule has 0 aromatic heterocycles. The molecular weight excluding hydrogens is 282 g/mol. The largest absolute Gasteiger partial charge is 0.466 e. The van der Waals surface area contributed by atoms with Gasteiger partial charge in [0.15, 0.2) is 6.29 Å². The Morgan fingerprint density at radius 2 is 2.14 bits per heavy atom. The molecule has 1 aromatic carbocycles. The monoisotopic (exact) mass is 297 g/mol. The van der Waals surface area contributed by atoms with E-state index in [-0.39, 0.29) is 17.7 Å². The number of nitro groups is 1. The van der Waals surface area contributed by atoms with Crippen LogP contribution in [0.2, 0.25) is 0 Å². The molecule has 0 bridgehead atoms. The SMILES string of the molecule is CCOC(=O)CC(O)C(O)c1ccc(C=O)c([N+](=O)[O-])c1. The van der Waals surface area contributed by atoms with Gasteiger partial charge in [0, 0.05) is 6.07 Å². The second-order valence-corrected chi connectivity index (χ2v) is 4.21. The topological polar surface area (TPSA) is 127 Å². The van der Waals surface area contributed by atoms with Gasteiger partial charge in [0.25, 0.3) is 5.69 Å². The van der Waals surface area contributed by atoms with Gasteiger partial charge >= 0.3 is 5.97 Å². The van der Waals surface area contributed by atoms with Crippen LogP contribution in [0.5, 0.6) is 0 Å². The predicted octanol–water partition coefficient (Wildman–Crippen LogP) is 0.755. The molecule has 8 nitrogen and oxygen atoms in total. The minimum Gasteiger partial charge on any atom is -0.466 e. The minimum atomic E-state index is -1.51. The van der Waals surface area contributed by atoms with E-state index in [4.69, 9.17) is 0 Å². The van der Waals surface area contributed by atoms with Crippen molar-refractivity contribution >= 4 is 17.9 Å². The smallest absolute Gasteiger partial charge is 0.308 e. The van der Waals surface area contributed by atoms with Crippen molar-refractivity contribution in [2.45, 2.75) is 25.6 Å². The molecule has 114 valence electrons. The second-order valence-electron chi connectivity index (χ2n) is 4.21. The maximum absolute atomic E-state index is 11.2. The van der Waals surface area contributed by atoms with Gasteiger partial charge in [0.05, 0.1) is 29.6 Å². The molecular formula is C13H15NO7. The Morgan fingerprint density at radius 1 is 1.48 bits per heavy atom. The van der Waals surface area contributed by atoms with Crippen molar-refractivity contribution in [3.63, 3.8) is 0 Å². The zero-order valence-corrected chi connectivity index (χ0v) is 11.3. The number of hydrogen-bond acceptors (Lipinski definition) is 7. The Hall–Kier alpha value is -2.32. The number of carbonyl (C=O) groups is 2. The molecule has 2 N–H and O–H groups in total. The van der Waals surface area contributed by atoms with Crippen LogP contribution >= 0.6 is 0 Å². The van der Waals surface area contributed by atoms with Crippen molar-refractivity contribution in [3.8, 4) is 0 Å². The number of esters is 1. The van der Waals surface area contributed by atoms with E-state index in [1.807, 2.05) is 0 Å². The van der Waals surface area contributed by atoms with E-state index >= 15 is 0 Å². The number of hydrogen-bond donors (Lipinski definition) is 2. The Balaban J connectivity index is 2.94. The Kier molecular flexibility index (Phi) is 5.94. The number of benzene rings is 1. The highest BCUT2D eigenvalue weighted by molar-refractivity contribution is 5.81. The zero-order valence-electron chi connectivity index (χ0n) is 11.3. The van der Waals surface area contributed by atoms with Gasteiger partial charge in [-0.2, -0.15) is 0 Å². The molecule has 0 aliphatic heterocycles. The highest BCUT2D eigenvalue weighted by Gasteiger charge is 2.24. The van der Waals surface area contributed by atoms with Crippen molar-refractivity contribution in [1.29, 1.82) is 0 Å². The highest BCUT2D eigenvalue weighted by atomic mass is 16.6. The number of carbonyl (C=O) groups excluding carboxylic acids is 2. The van der Waals surface area contributed by atoms with Crippen LogP contribution in [0, 0.1) is 10.1 Å². The van der Waals surface area contributed by atoms with E-state index in [1.54, 1.807) is 6.92 Å². The van der Waals surface area contributed by atoms with Gasteiger partial charge in [-0.3, -0.25) is 19.7 Å². The molecule has 1 aromatic rings. The van der Waals surface area contributed by atoms with Crippen molar-refractivity contribution in [3.05, 3.63) is 39.4 Å². The van der Waals surface area contributed by atoms with Crippen molar-refractivity contribution in [2.24, 2.45) is 0 Å². The zero-order chi connectivity index (χ0) is 16.0. The summed E-state index contributed by atoms with van der Waals surface area (Å²) in [4.78, 5) is 32.0. The summed E-state index contributed by atoms with van der Waals surface area (Å²) in [6.07, 6.45) is -3.10. The molecule has 0 heterocycles. The van der Waals surface area contributed by atoms with Crippen molar-refractivity contribution in [1.82, 2.24) is 0 Å². The van der Waals surface area contributed by atoms with E-state index in [9.17, 15) is 29.9 Å². The molecule has 0 fully saturated rings. The summed E-state index contributed by atoms with van der Waals surface area (Å²) in [5.74, 6) is -0.692. The first-order chi connectivity index (χ1) is 9.90. The van der Waals surface area contributed by atoms with Crippen LogP contribution in [-0.4, -0.2) is 40.1 Å². The number of aliphatic hydroxyl groups excluding tert-OH is 2. The summed E-state index contributed by atoms with van der Waals surface area (Å²) >= 11 is 0. The second kappa shape index (κ2) is 7.46. The van der Waals surface area contributed by atoms with Crippen LogP contribution in [0.3, 0.4) is 0 Å². The van der Waals surface area contributed by atoms with E-state index in [0.717, 1.165) is 6.07 Å². The lowest BCUT2D eigenvalue weighted by Gasteiger charge is -2.17. The van der Waals surface area contributed by atoms with Crippen LogP contribution in [0.1, 0.15) is 35.4 Å². The predicted molar refractivity (Wildman–Crippen MR) is 70.7 cm³/mol. The maximum Gasteiger partial charge on any atom is 0.308 e. The number of ether oxygens (including phenoxy) is 1. The summed E-state index contributed by atoms with van der Waals surface area (Å²) < 4.78 is 4.63. The Bertz CT molecular complexity index is 543. The fourth-order valence-electron chi connectivity index (χ4n) is 1.73. The molecule has 2 unspecified atom stereocenters. The molecule has 1 rings (SSSR count). The van der Waals surface area contributed by atoms with E-state index in [0.29, 0.717) is 6.29 Å². The van der Waals surface area contributed by atoms with Gasteiger partial charge in [-0.1, -0.05) is 6.07 Å². The van der Waals surface area contributed by atoms with Gasteiger partial charge in [0.2, 0.25) is 0 Å². The number of nitrogens with zero attached hydrogens (tertiary/aromatic N) is 1. The Labute approximate surface area is 120 Å². The maximum atomic E-state index is 11.2. The summed E-state index contributed by atoms with van der Waals surface area (Å²) in [7, 11) is 0. The van der Waals surface area contributed by atoms with E-state index in [2.05, 4.69) is 4.74 Å². The van der Waals surface area contributed by atoms with Crippen LogP contribution in [0.15, 0.2) is 18.2 Å². The van der Waals surface area contributed by atoms with Crippen LogP contribution in [0.4, 0.5) is 5.69 Å². The average molecular weight is 297 g/mol. The third-order valence-corrected chi connectivity index (χ3v) is 2.77. The van der Waals surface area contributed by atoms with Gasteiger partial charge < -0.3 is 14.9 Å². The Morgan fingerprint density at radius 3 is 2.67 bits per heavy atom. The number of rotatable bonds is 7. The molecule has 21 heavy (non-hydrogen) atoms. The molecule has 2 atom stereocenters. The average Bonchev–Trinajstić information content (AvgIpc) is 2.45. The molecule has 8 heteroatoms. The quantitative estimate of drug-likeness (QED) is 0.329. The molecule has 0 aliphatic rings. The summed E-state index contributed by atoms with van der Waals surface area (Å²) in [5, 5.41) is 30.5. The van der Waals surface area contributed by atoms with Crippen LogP contribution in [0.25, 0.3) is 0 Å². The lowest BCUT2D eigenvalue weighted by molar-refractivity contribution is -0.385. The molecule has 0 radical (unpaired) electrons. The first-order valence-electron chi connectivity index (χ1n) is 6.16. The van der Waals surface area contributed by atoms with Crippen molar-refractivity contribution in [2.75, 3.05) is 6.61 Å². The lowest BCUT2D eigenvalue weighted by Crippen LogP contribution is -2.23. The normalized spacial score (nSPS) is 13.3. The van der Waals surface area contributed by atoms with Gasteiger partial charge in [-0.25, -0.2) is 0 Å². The van der Waals surface area contributed by atoms with Gasteiger partial charge in [-0.15, -0.1) is 0 Å². The molecule has 0 amide bonds. The molecule has 0 saturated heterocycles. The number of aldehydes is 1. The fourth-order valence-corrected chi connectivity index (χ4v) is 1.73. The third kappa shape index (κ3) is 4.33. The minimum absolute atomic E-state index is 0.0316. The first kappa shape index (κ1) is 16.7. The molecule has 0 aliphatic carbocycles. The lowest BCUT2D eigenvalue weighted by atomic mass is 10.00. The fraction of sp³-hybridized carbons (Fsp3) is 0.385. The van der Waals surface area contributed by atoms with Crippen molar-refractivity contribution < 1.29 is 29.5 Å².